The fourth-order valence-corrected chi connectivity index (χ4v) is 2.68. The third-order valence-electron chi connectivity index (χ3n) is 4.10. The lowest BCUT2D eigenvalue weighted by molar-refractivity contribution is 0.0995. The minimum atomic E-state index is -0.622. The molecule has 0 aliphatic rings. The molecule has 2 aromatic heterocycles. The minimum absolute atomic E-state index is 0.101. The van der Waals surface area contributed by atoms with Gasteiger partial charge in [0, 0.05) is 19.3 Å². The summed E-state index contributed by atoms with van der Waals surface area (Å²) >= 11 is 0. The fourth-order valence-electron chi connectivity index (χ4n) is 2.68. The number of nitrogens with zero attached hydrogens (tertiary/aromatic N) is 4. The van der Waals surface area contributed by atoms with Crippen LogP contribution in [-0.2, 0) is 6.54 Å². The van der Waals surface area contributed by atoms with E-state index in [1.807, 2.05) is 31.3 Å². The SMILES string of the molecule is CCN(Cc1ccc(Oc2cnc(C(N)=O)cn2)c(C)c1)c1cccnc1. The molecular weight excluding hydrogens is 342 g/mol. The normalized spacial score (nSPS) is 10.4. The number of primary amides is 1. The molecule has 0 aliphatic carbocycles. The van der Waals surface area contributed by atoms with Gasteiger partial charge in [0.05, 0.1) is 24.3 Å². The average molecular weight is 363 g/mol. The molecule has 2 heterocycles. The summed E-state index contributed by atoms with van der Waals surface area (Å²) in [5.74, 6) is 0.370. The summed E-state index contributed by atoms with van der Waals surface area (Å²) in [5, 5.41) is 0. The van der Waals surface area contributed by atoms with Crippen LogP contribution in [0.1, 0.15) is 28.5 Å². The van der Waals surface area contributed by atoms with Crippen molar-refractivity contribution in [1.29, 1.82) is 0 Å². The summed E-state index contributed by atoms with van der Waals surface area (Å²) in [4.78, 5) is 25.5. The summed E-state index contributed by atoms with van der Waals surface area (Å²) in [6.45, 7) is 5.75. The predicted molar refractivity (Wildman–Crippen MR) is 103 cm³/mol. The number of aryl methyl sites for hydroxylation is 1. The van der Waals surface area contributed by atoms with E-state index in [2.05, 4.69) is 38.9 Å². The number of nitrogens with two attached hydrogens (primary N) is 1. The highest BCUT2D eigenvalue weighted by Crippen LogP contribution is 2.25. The second-order valence-corrected chi connectivity index (χ2v) is 6.03. The number of benzene rings is 1. The van der Waals surface area contributed by atoms with E-state index in [1.54, 1.807) is 6.20 Å². The lowest BCUT2D eigenvalue weighted by atomic mass is 10.1. The standard InChI is InChI=1S/C20H21N5O2/c1-3-25(16-5-4-8-22-10-16)13-15-6-7-18(14(2)9-15)27-19-12-23-17(11-24-19)20(21)26/h4-12H,3,13H2,1-2H3,(H2,21,26). The van der Waals surface area contributed by atoms with Crippen LogP contribution in [0.2, 0.25) is 0 Å². The van der Waals surface area contributed by atoms with Gasteiger partial charge < -0.3 is 15.4 Å². The lowest BCUT2D eigenvalue weighted by Crippen LogP contribution is -2.22. The van der Waals surface area contributed by atoms with E-state index in [1.165, 1.54) is 18.0 Å². The van der Waals surface area contributed by atoms with Gasteiger partial charge in [-0.25, -0.2) is 9.97 Å². The molecule has 0 radical (unpaired) electrons. The summed E-state index contributed by atoms with van der Waals surface area (Å²) in [5.41, 5.74) is 8.50. The maximum Gasteiger partial charge on any atom is 0.268 e. The van der Waals surface area contributed by atoms with Crippen LogP contribution in [-0.4, -0.2) is 27.4 Å². The number of anilines is 1. The Labute approximate surface area is 157 Å². The molecule has 0 unspecified atom stereocenters. The first-order valence-electron chi connectivity index (χ1n) is 8.61. The third kappa shape index (κ3) is 4.58. The zero-order valence-electron chi connectivity index (χ0n) is 15.3. The summed E-state index contributed by atoms with van der Waals surface area (Å²) in [7, 11) is 0. The van der Waals surface area contributed by atoms with E-state index in [4.69, 9.17) is 10.5 Å². The molecule has 7 nitrogen and oxygen atoms in total. The number of hydrogen-bond donors (Lipinski definition) is 1. The zero-order chi connectivity index (χ0) is 19.2. The van der Waals surface area contributed by atoms with Crippen molar-refractivity contribution in [1.82, 2.24) is 15.0 Å². The Morgan fingerprint density at radius 1 is 1.19 bits per heavy atom. The summed E-state index contributed by atoms with van der Waals surface area (Å²) in [6, 6.07) is 10.00. The van der Waals surface area contributed by atoms with Gasteiger partial charge in [-0.15, -0.1) is 0 Å². The number of carbonyl (C=O) groups is 1. The molecule has 27 heavy (non-hydrogen) atoms. The van der Waals surface area contributed by atoms with Gasteiger partial charge in [-0.2, -0.15) is 0 Å². The van der Waals surface area contributed by atoms with Crippen molar-refractivity contribution in [2.24, 2.45) is 5.73 Å². The van der Waals surface area contributed by atoms with Crippen molar-refractivity contribution in [3.05, 3.63) is 71.9 Å². The van der Waals surface area contributed by atoms with E-state index in [9.17, 15) is 4.79 Å². The number of pyridine rings is 1. The third-order valence-corrected chi connectivity index (χ3v) is 4.10. The Morgan fingerprint density at radius 2 is 2.04 bits per heavy atom. The summed E-state index contributed by atoms with van der Waals surface area (Å²) < 4.78 is 5.77. The molecule has 2 N–H and O–H groups in total. The average Bonchev–Trinajstić information content (AvgIpc) is 2.69. The van der Waals surface area contributed by atoms with E-state index in [0.717, 1.165) is 24.3 Å². The molecule has 3 rings (SSSR count). The zero-order valence-corrected chi connectivity index (χ0v) is 15.3. The van der Waals surface area contributed by atoms with Crippen molar-refractivity contribution < 1.29 is 9.53 Å². The molecule has 0 bridgehead atoms. The van der Waals surface area contributed by atoms with Gasteiger partial charge in [-0.05, 0) is 43.2 Å². The minimum Gasteiger partial charge on any atom is -0.437 e. The van der Waals surface area contributed by atoms with E-state index < -0.39 is 5.91 Å². The molecule has 1 amide bonds. The van der Waals surface area contributed by atoms with Crippen LogP contribution in [0.4, 0.5) is 5.69 Å². The van der Waals surface area contributed by atoms with E-state index >= 15 is 0 Å². The molecule has 3 aromatic rings. The van der Waals surface area contributed by atoms with E-state index in [-0.39, 0.29) is 5.69 Å². The van der Waals surface area contributed by atoms with Crippen LogP contribution in [0.3, 0.4) is 0 Å². The van der Waals surface area contributed by atoms with Gasteiger partial charge in [-0.1, -0.05) is 12.1 Å². The van der Waals surface area contributed by atoms with Crippen molar-refractivity contribution >= 4 is 11.6 Å². The Bertz CT molecular complexity index is 913. The summed E-state index contributed by atoms with van der Waals surface area (Å²) in [6.07, 6.45) is 6.32. The Kier molecular flexibility index (Phi) is 5.61. The first-order chi connectivity index (χ1) is 13.1. The molecule has 138 valence electrons. The quantitative estimate of drug-likeness (QED) is 0.693. The topological polar surface area (TPSA) is 94.2 Å². The van der Waals surface area contributed by atoms with Gasteiger partial charge in [-0.3, -0.25) is 9.78 Å². The van der Waals surface area contributed by atoms with Crippen LogP contribution in [0, 0.1) is 6.92 Å². The molecule has 7 heteroatoms. The maximum atomic E-state index is 11.0. The highest BCUT2D eigenvalue weighted by molar-refractivity contribution is 5.90. The number of hydrogen-bond acceptors (Lipinski definition) is 6. The van der Waals surface area contributed by atoms with Gasteiger partial charge in [0.2, 0.25) is 5.88 Å². The fraction of sp³-hybridized carbons (Fsp3) is 0.200. The molecule has 0 saturated carbocycles. The Morgan fingerprint density at radius 3 is 2.63 bits per heavy atom. The second kappa shape index (κ2) is 8.27. The number of aromatic nitrogens is 3. The maximum absolute atomic E-state index is 11.0. The molecular formula is C20H21N5O2. The Hall–Kier alpha value is -3.48. The number of carbonyl (C=O) groups excluding carboxylic acids is 1. The van der Waals surface area contributed by atoms with Crippen LogP contribution in [0.5, 0.6) is 11.6 Å². The molecule has 1 aromatic carbocycles. The molecule has 0 saturated heterocycles. The largest absolute Gasteiger partial charge is 0.437 e. The number of amides is 1. The molecule has 0 atom stereocenters. The monoisotopic (exact) mass is 363 g/mol. The van der Waals surface area contributed by atoms with Crippen LogP contribution in [0.25, 0.3) is 0 Å². The Balaban J connectivity index is 1.72. The van der Waals surface area contributed by atoms with Crippen molar-refractivity contribution in [3.63, 3.8) is 0 Å². The smallest absolute Gasteiger partial charge is 0.268 e. The van der Waals surface area contributed by atoms with Crippen LogP contribution in [0.15, 0.2) is 55.1 Å². The van der Waals surface area contributed by atoms with Crippen molar-refractivity contribution in [2.75, 3.05) is 11.4 Å². The first-order valence-corrected chi connectivity index (χ1v) is 8.61. The van der Waals surface area contributed by atoms with Crippen LogP contribution < -0.4 is 15.4 Å². The molecule has 0 aliphatic heterocycles. The molecule has 0 fully saturated rings. The van der Waals surface area contributed by atoms with E-state index in [0.29, 0.717) is 11.6 Å². The second-order valence-electron chi connectivity index (χ2n) is 6.03. The highest BCUT2D eigenvalue weighted by Gasteiger charge is 2.09. The number of ether oxygens (including phenoxy) is 1. The highest BCUT2D eigenvalue weighted by atomic mass is 16.5. The predicted octanol–water partition coefficient (Wildman–Crippen LogP) is 3.10. The van der Waals surface area contributed by atoms with Crippen molar-refractivity contribution in [3.8, 4) is 11.6 Å². The van der Waals surface area contributed by atoms with Gasteiger partial charge in [0.1, 0.15) is 11.4 Å². The van der Waals surface area contributed by atoms with Crippen molar-refractivity contribution in [2.45, 2.75) is 20.4 Å². The van der Waals surface area contributed by atoms with Gasteiger partial charge in [0.15, 0.2) is 0 Å². The molecule has 0 spiro atoms. The van der Waals surface area contributed by atoms with Gasteiger partial charge in [0.25, 0.3) is 5.91 Å². The lowest BCUT2D eigenvalue weighted by Gasteiger charge is -2.23. The van der Waals surface area contributed by atoms with Crippen LogP contribution >= 0.6 is 0 Å². The number of rotatable bonds is 7. The van der Waals surface area contributed by atoms with Gasteiger partial charge >= 0.3 is 0 Å². The first kappa shape index (κ1) is 18.3.